The molecule has 6 heteroatoms. The molecular weight excluding hydrogens is 365 g/mol. The number of nitrogens with zero attached hydrogens (tertiary/aromatic N) is 4. The van der Waals surface area contributed by atoms with E-state index in [-0.39, 0.29) is 5.82 Å². The van der Waals surface area contributed by atoms with Gasteiger partial charge in [-0.2, -0.15) is 5.10 Å². The zero-order valence-corrected chi connectivity index (χ0v) is 16.0. The van der Waals surface area contributed by atoms with E-state index in [0.717, 1.165) is 39.4 Å². The summed E-state index contributed by atoms with van der Waals surface area (Å²) in [6.07, 6.45) is 3.74. The van der Waals surface area contributed by atoms with Crippen molar-refractivity contribution in [1.82, 2.24) is 24.8 Å². The van der Waals surface area contributed by atoms with Gasteiger partial charge < -0.3 is 10.2 Å². The van der Waals surface area contributed by atoms with Gasteiger partial charge in [-0.05, 0) is 55.0 Å². The number of benzene rings is 1. The Morgan fingerprint density at radius 2 is 1.97 bits per heavy atom. The number of halogens is 1. The fraction of sp³-hybridized carbons (Fsp3) is 0.130. The summed E-state index contributed by atoms with van der Waals surface area (Å²) in [4.78, 5) is 6.93. The lowest BCUT2D eigenvalue weighted by molar-refractivity contribution is 0.402. The fourth-order valence-electron chi connectivity index (χ4n) is 3.78. The molecule has 29 heavy (non-hydrogen) atoms. The number of hydrogen-bond acceptors (Lipinski definition) is 4. The molecule has 0 bridgehead atoms. The molecule has 5 rings (SSSR count). The van der Waals surface area contributed by atoms with Gasteiger partial charge in [-0.1, -0.05) is 18.2 Å². The number of aromatic nitrogens is 3. The van der Waals surface area contributed by atoms with Crippen molar-refractivity contribution in [2.75, 3.05) is 6.67 Å². The lowest BCUT2D eigenvalue weighted by Gasteiger charge is -2.22. The molecule has 4 aromatic rings. The van der Waals surface area contributed by atoms with Gasteiger partial charge in [0, 0.05) is 30.2 Å². The van der Waals surface area contributed by atoms with Gasteiger partial charge in [0.25, 0.3) is 0 Å². The van der Waals surface area contributed by atoms with E-state index in [1.807, 2.05) is 48.0 Å². The topological polar surface area (TPSA) is 45.5 Å². The largest absolute Gasteiger partial charge is 0.364 e. The van der Waals surface area contributed by atoms with Crippen LogP contribution in [0.2, 0.25) is 0 Å². The van der Waals surface area contributed by atoms with Gasteiger partial charge in [0.15, 0.2) is 0 Å². The van der Waals surface area contributed by atoms with E-state index in [0.29, 0.717) is 13.2 Å². The third kappa shape index (κ3) is 3.33. The summed E-state index contributed by atoms with van der Waals surface area (Å²) >= 11 is 0. The normalized spacial score (nSPS) is 13.9. The highest BCUT2D eigenvalue weighted by molar-refractivity contribution is 5.90. The number of pyridine rings is 2. The number of fused-ring (bicyclic) bond motifs is 1. The van der Waals surface area contributed by atoms with Crippen LogP contribution in [0.4, 0.5) is 4.39 Å². The van der Waals surface area contributed by atoms with Crippen LogP contribution in [-0.4, -0.2) is 26.2 Å². The second kappa shape index (κ2) is 7.05. The van der Waals surface area contributed by atoms with Crippen LogP contribution in [0.1, 0.15) is 22.5 Å². The average molecular weight is 385 g/mol. The third-order valence-corrected chi connectivity index (χ3v) is 5.08. The minimum Gasteiger partial charge on any atom is -0.364 e. The van der Waals surface area contributed by atoms with Crippen molar-refractivity contribution in [2.45, 2.75) is 13.5 Å². The Kier molecular flexibility index (Phi) is 4.24. The Hall–Kier alpha value is -3.67. The number of hydrogen-bond donors (Lipinski definition) is 1. The number of rotatable bonds is 4. The molecule has 0 saturated carbocycles. The van der Waals surface area contributed by atoms with Crippen molar-refractivity contribution in [3.05, 3.63) is 101 Å². The predicted octanol–water partition coefficient (Wildman–Crippen LogP) is 4.07. The van der Waals surface area contributed by atoms with Crippen LogP contribution in [0.3, 0.4) is 0 Å². The summed E-state index contributed by atoms with van der Waals surface area (Å²) in [5, 5.41) is 7.79. The Bertz CT molecular complexity index is 1230. The first-order valence-electron chi connectivity index (χ1n) is 9.53. The zero-order chi connectivity index (χ0) is 19.8. The SMILES string of the molecule is Cc1cccc(C2=C(c3ccn4nccc4c3)N(Cc3cccc(F)c3)CN2)n1. The van der Waals surface area contributed by atoms with Crippen molar-refractivity contribution in [3.63, 3.8) is 0 Å². The molecule has 3 aromatic heterocycles. The van der Waals surface area contributed by atoms with Gasteiger partial charge in [-0.15, -0.1) is 0 Å². The van der Waals surface area contributed by atoms with Crippen LogP contribution in [0.25, 0.3) is 16.9 Å². The molecule has 0 amide bonds. The quantitative estimate of drug-likeness (QED) is 0.575. The Morgan fingerprint density at radius 3 is 2.83 bits per heavy atom. The Morgan fingerprint density at radius 1 is 1.07 bits per heavy atom. The lowest BCUT2D eigenvalue weighted by atomic mass is 10.1. The number of nitrogens with one attached hydrogen (secondary N) is 1. The fourth-order valence-corrected chi connectivity index (χ4v) is 3.78. The molecule has 0 unspecified atom stereocenters. The molecule has 0 spiro atoms. The van der Waals surface area contributed by atoms with E-state index in [9.17, 15) is 4.39 Å². The molecule has 4 heterocycles. The van der Waals surface area contributed by atoms with E-state index < -0.39 is 0 Å². The van der Waals surface area contributed by atoms with E-state index >= 15 is 0 Å². The second-order valence-corrected chi connectivity index (χ2v) is 7.17. The summed E-state index contributed by atoms with van der Waals surface area (Å²) in [6, 6.07) is 18.9. The summed E-state index contributed by atoms with van der Waals surface area (Å²) in [7, 11) is 0. The second-order valence-electron chi connectivity index (χ2n) is 7.17. The van der Waals surface area contributed by atoms with E-state index in [4.69, 9.17) is 4.98 Å². The van der Waals surface area contributed by atoms with Crippen molar-refractivity contribution >= 4 is 16.9 Å². The van der Waals surface area contributed by atoms with Gasteiger partial charge in [-0.25, -0.2) is 8.91 Å². The van der Waals surface area contributed by atoms with E-state index in [1.165, 1.54) is 6.07 Å². The summed E-state index contributed by atoms with van der Waals surface area (Å²) in [6.45, 7) is 3.21. The molecule has 0 fully saturated rings. The van der Waals surface area contributed by atoms with Crippen LogP contribution in [0, 0.1) is 12.7 Å². The van der Waals surface area contributed by atoms with Crippen molar-refractivity contribution in [1.29, 1.82) is 0 Å². The molecule has 1 N–H and O–H groups in total. The van der Waals surface area contributed by atoms with Gasteiger partial charge in [0.2, 0.25) is 0 Å². The third-order valence-electron chi connectivity index (χ3n) is 5.08. The van der Waals surface area contributed by atoms with Crippen LogP contribution >= 0.6 is 0 Å². The maximum absolute atomic E-state index is 13.7. The van der Waals surface area contributed by atoms with Gasteiger partial charge in [0.05, 0.1) is 29.3 Å². The van der Waals surface area contributed by atoms with Crippen molar-refractivity contribution in [2.24, 2.45) is 0 Å². The first-order valence-corrected chi connectivity index (χ1v) is 9.53. The van der Waals surface area contributed by atoms with Gasteiger partial charge >= 0.3 is 0 Å². The molecular formula is C23H20FN5. The zero-order valence-electron chi connectivity index (χ0n) is 16.0. The van der Waals surface area contributed by atoms with Crippen LogP contribution in [0.5, 0.6) is 0 Å². The smallest absolute Gasteiger partial charge is 0.123 e. The highest BCUT2D eigenvalue weighted by Gasteiger charge is 2.26. The molecule has 144 valence electrons. The maximum Gasteiger partial charge on any atom is 0.123 e. The molecule has 0 radical (unpaired) electrons. The lowest BCUT2D eigenvalue weighted by Crippen LogP contribution is -2.23. The molecule has 1 aliphatic heterocycles. The van der Waals surface area contributed by atoms with Crippen molar-refractivity contribution in [3.8, 4) is 0 Å². The highest BCUT2D eigenvalue weighted by atomic mass is 19.1. The highest BCUT2D eigenvalue weighted by Crippen LogP contribution is 2.33. The average Bonchev–Trinajstić information content (AvgIpc) is 3.34. The predicted molar refractivity (Wildman–Crippen MR) is 111 cm³/mol. The van der Waals surface area contributed by atoms with Crippen LogP contribution < -0.4 is 5.32 Å². The number of aryl methyl sites for hydroxylation is 1. The molecule has 0 atom stereocenters. The van der Waals surface area contributed by atoms with Crippen molar-refractivity contribution < 1.29 is 4.39 Å². The van der Waals surface area contributed by atoms with E-state index in [2.05, 4.69) is 27.4 Å². The minimum atomic E-state index is -0.221. The van der Waals surface area contributed by atoms with Gasteiger partial charge in [0.1, 0.15) is 5.82 Å². The first-order chi connectivity index (χ1) is 14.2. The van der Waals surface area contributed by atoms with E-state index in [1.54, 1.807) is 18.3 Å². The summed E-state index contributed by atoms with van der Waals surface area (Å²) in [5.41, 5.74) is 6.90. The molecule has 5 nitrogen and oxygen atoms in total. The van der Waals surface area contributed by atoms with Gasteiger partial charge in [-0.3, -0.25) is 4.98 Å². The molecule has 0 saturated heterocycles. The standard InChI is InChI=1S/C23H20FN5/c1-16-4-2-7-21(27-16)22-23(18-9-11-29-20(13-18)8-10-26-29)28(15-25-22)14-17-5-3-6-19(24)12-17/h2-13,25H,14-15H2,1H3. The first kappa shape index (κ1) is 17.4. The maximum atomic E-state index is 13.7. The van der Waals surface area contributed by atoms with Crippen LogP contribution in [-0.2, 0) is 6.54 Å². The summed E-state index contributed by atoms with van der Waals surface area (Å²) < 4.78 is 15.6. The van der Waals surface area contributed by atoms with Crippen LogP contribution in [0.15, 0.2) is 73.1 Å². The molecule has 1 aromatic carbocycles. The summed E-state index contributed by atoms with van der Waals surface area (Å²) in [5.74, 6) is -0.221. The molecule has 0 aliphatic carbocycles. The Labute approximate surface area is 168 Å². The minimum absolute atomic E-state index is 0.221. The molecule has 1 aliphatic rings. The monoisotopic (exact) mass is 385 g/mol. The Balaban J connectivity index is 1.63.